The lowest BCUT2D eigenvalue weighted by Gasteiger charge is -2.43. The summed E-state index contributed by atoms with van der Waals surface area (Å²) in [6, 6.07) is -1.22. The molecule has 29 heavy (non-hydrogen) atoms. The second-order valence-electron chi connectivity index (χ2n) is 6.82. The first-order valence-corrected chi connectivity index (χ1v) is 13.1. The molecule has 2 rings (SSSR count). The van der Waals surface area contributed by atoms with E-state index in [9.17, 15) is 34.8 Å². The quantitative estimate of drug-likeness (QED) is 0.438. The van der Waals surface area contributed by atoms with Crippen LogP contribution in [0.25, 0.3) is 0 Å². The molecule has 4 atom stereocenters. The molecule has 166 valence electrons. The smallest absolute Gasteiger partial charge is 0.338 e. The maximum absolute atomic E-state index is 12.6. The summed E-state index contributed by atoms with van der Waals surface area (Å²) in [5.74, 6) is -2.50. The Bertz CT molecular complexity index is 1020. The van der Waals surface area contributed by atoms with Crippen LogP contribution in [0.15, 0.2) is 12.0 Å². The topological polar surface area (TPSA) is 172 Å². The molecule has 2 saturated heterocycles. The lowest BCUT2D eigenvalue weighted by atomic mass is 10.1. The Labute approximate surface area is 169 Å². The van der Waals surface area contributed by atoms with E-state index < -0.39 is 70.3 Å². The van der Waals surface area contributed by atoms with Crippen LogP contribution in [-0.2, 0) is 43.8 Å². The largest absolute Gasteiger partial charge is 0.397 e. The standard InChI is InChI=1S/C14H22N2O10S3/c1-4-27(19,20)9(2)13(17)15-5-6-16-11(7-15)12(26-29(23,24)25)8-28(21,22)10(3)14(16)18/h4,9-12H,1,5-8H2,2-3H3,(H,23,24,25). The van der Waals surface area contributed by atoms with Crippen molar-refractivity contribution >= 4 is 41.9 Å². The average molecular weight is 475 g/mol. The lowest BCUT2D eigenvalue weighted by molar-refractivity contribution is -0.144. The van der Waals surface area contributed by atoms with Crippen molar-refractivity contribution in [2.75, 3.05) is 25.4 Å². The van der Waals surface area contributed by atoms with Crippen LogP contribution in [-0.4, -0.2) is 99.5 Å². The molecule has 15 heteroatoms. The van der Waals surface area contributed by atoms with E-state index >= 15 is 0 Å². The number of hydrogen-bond acceptors (Lipinski definition) is 9. The zero-order chi connectivity index (χ0) is 22.4. The number of carbonyl (C=O) groups excluding carboxylic acids is 2. The summed E-state index contributed by atoms with van der Waals surface area (Å²) in [4.78, 5) is 27.4. The van der Waals surface area contributed by atoms with Gasteiger partial charge in [-0.15, -0.1) is 0 Å². The highest BCUT2D eigenvalue weighted by molar-refractivity contribution is 7.95. The van der Waals surface area contributed by atoms with Gasteiger partial charge in [0.05, 0.1) is 11.8 Å². The Morgan fingerprint density at radius 3 is 2.41 bits per heavy atom. The van der Waals surface area contributed by atoms with Crippen molar-refractivity contribution in [1.29, 1.82) is 0 Å². The van der Waals surface area contributed by atoms with E-state index in [2.05, 4.69) is 10.8 Å². The van der Waals surface area contributed by atoms with Crippen LogP contribution in [0, 0.1) is 0 Å². The third kappa shape index (κ3) is 4.96. The number of fused-ring (bicyclic) bond motifs is 1. The van der Waals surface area contributed by atoms with Gasteiger partial charge in [-0.25, -0.2) is 21.0 Å². The number of sulfone groups is 2. The summed E-state index contributed by atoms with van der Waals surface area (Å²) in [6.07, 6.45) is -1.68. The van der Waals surface area contributed by atoms with Crippen molar-refractivity contribution in [3.05, 3.63) is 12.0 Å². The van der Waals surface area contributed by atoms with Crippen molar-refractivity contribution < 1.29 is 43.6 Å². The molecule has 12 nitrogen and oxygen atoms in total. The molecule has 0 aliphatic carbocycles. The monoisotopic (exact) mass is 474 g/mol. The minimum Gasteiger partial charge on any atom is -0.338 e. The fourth-order valence-corrected chi connectivity index (χ4v) is 6.06. The first-order chi connectivity index (χ1) is 13.1. The minimum absolute atomic E-state index is 0.0938. The van der Waals surface area contributed by atoms with Crippen molar-refractivity contribution in [3.63, 3.8) is 0 Å². The highest BCUT2D eigenvalue weighted by Gasteiger charge is 2.49. The Balaban J connectivity index is 2.42. The molecule has 0 aromatic rings. The second-order valence-corrected chi connectivity index (χ2v) is 12.4. The normalized spacial score (nSPS) is 28.9. The van der Waals surface area contributed by atoms with Crippen molar-refractivity contribution in [2.24, 2.45) is 0 Å². The summed E-state index contributed by atoms with van der Waals surface area (Å²) in [5.41, 5.74) is 0. The minimum atomic E-state index is -5.07. The number of amides is 2. The van der Waals surface area contributed by atoms with Crippen LogP contribution in [0.2, 0.25) is 0 Å². The lowest BCUT2D eigenvalue weighted by Crippen LogP contribution is -2.62. The van der Waals surface area contributed by atoms with Crippen LogP contribution in [0.4, 0.5) is 0 Å². The van der Waals surface area contributed by atoms with Crippen LogP contribution in [0.1, 0.15) is 13.8 Å². The molecule has 0 bridgehead atoms. The summed E-state index contributed by atoms with van der Waals surface area (Å²) in [5, 5.41) is -2.31. The van der Waals surface area contributed by atoms with Gasteiger partial charge in [0.2, 0.25) is 11.8 Å². The molecule has 0 spiro atoms. The van der Waals surface area contributed by atoms with E-state index in [4.69, 9.17) is 4.55 Å². The van der Waals surface area contributed by atoms with Gasteiger partial charge in [0.15, 0.2) is 19.7 Å². The van der Waals surface area contributed by atoms with Gasteiger partial charge >= 0.3 is 10.4 Å². The predicted molar refractivity (Wildman–Crippen MR) is 100 cm³/mol. The molecular formula is C14H22N2O10S3. The van der Waals surface area contributed by atoms with Gasteiger partial charge in [0.25, 0.3) is 0 Å². The predicted octanol–water partition coefficient (Wildman–Crippen LogP) is -2.02. The van der Waals surface area contributed by atoms with Crippen molar-refractivity contribution in [3.8, 4) is 0 Å². The van der Waals surface area contributed by atoms with Crippen LogP contribution >= 0.6 is 0 Å². The van der Waals surface area contributed by atoms with E-state index in [1.807, 2.05) is 0 Å². The summed E-state index contributed by atoms with van der Waals surface area (Å²) in [6.45, 7) is 4.83. The molecule has 0 aromatic carbocycles. The first-order valence-electron chi connectivity index (χ1n) is 8.43. The van der Waals surface area contributed by atoms with Gasteiger partial charge in [-0.2, -0.15) is 8.42 Å². The van der Waals surface area contributed by atoms with Crippen molar-refractivity contribution in [1.82, 2.24) is 9.80 Å². The molecule has 2 amide bonds. The van der Waals surface area contributed by atoms with Crippen LogP contribution in [0.5, 0.6) is 0 Å². The Hall–Kier alpha value is -1.55. The van der Waals surface area contributed by atoms with E-state index in [-0.39, 0.29) is 19.6 Å². The fraction of sp³-hybridized carbons (Fsp3) is 0.714. The van der Waals surface area contributed by atoms with E-state index in [1.165, 1.54) is 0 Å². The molecular weight excluding hydrogens is 452 g/mol. The van der Waals surface area contributed by atoms with Gasteiger partial charge in [0.1, 0.15) is 16.6 Å². The van der Waals surface area contributed by atoms with E-state index in [0.29, 0.717) is 5.41 Å². The Morgan fingerprint density at radius 1 is 1.31 bits per heavy atom. The maximum Gasteiger partial charge on any atom is 0.397 e. The van der Waals surface area contributed by atoms with Crippen molar-refractivity contribution in [2.45, 2.75) is 36.5 Å². The number of piperazine rings is 1. The molecule has 2 aliphatic rings. The Kier molecular flexibility index (Phi) is 6.50. The van der Waals surface area contributed by atoms with Gasteiger partial charge in [0, 0.05) is 25.0 Å². The third-order valence-electron chi connectivity index (χ3n) is 5.04. The summed E-state index contributed by atoms with van der Waals surface area (Å²) >= 11 is 0. The van der Waals surface area contributed by atoms with Gasteiger partial charge in [-0.05, 0) is 13.8 Å². The number of nitrogens with zero attached hydrogens (tertiary/aromatic N) is 2. The highest BCUT2D eigenvalue weighted by atomic mass is 32.3. The maximum atomic E-state index is 12.6. The molecule has 1 N–H and O–H groups in total. The zero-order valence-corrected chi connectivity index (χ0v) is 18.1. The fourth-order valence-electron chi connectivity index (χ4n) is 3.26. The van der Waals surface area contributed by atoms with Gasteiger partial charge < -0.3 is 9.80 Å². The highest BCUT2D eigenvalue weighted by Crippen LogP contribution is 2.26. The summed E-state index contributed by atoms with van der Waals surface area (Å²) in [7, 11) is -13.1. The van der Waals surface area contributed by atoms with Gasteiger partial charge in [-0.1, -0.05) is 6.58 Å². The first kappa shape index (κ1) is 23.7. The number of carbonyl (C=O) groups is 2. The number of hydrogen-bond donors (Lipinski definition) is 1. The van der Waals surface area contributed by atoms with Gasteiger partial charge in [-0.3, -0.25) is 14.1 Å². The number of rotatable bonds is 5. The molecule has 2 aliphatic heterocycles. The second kappa shape index (κ2) is 7.94. The summed E-state index contributed by atoms with van der Waals surface area (Å²) < 4.78 is 84.5. The molecule has 0 radical (unpaired) electrons. The SMILES string of the molecule is C=CS(=O)(=O)C(C)C(=O)N1CCN2C(=O)C(C)S(=O)(=O)CC(OS(=O)(=O)O)C2C1. The molecule has 0 aromatic heterocycles. The van der Waals surface area contributed by atoms with E-state index in [0.717, 1.165) is 23.6 Å². The molecule has 2 heterocycles. The molecule has 0 saturated carbocycles. The zero-order valence-electron chi connectivity index (χ0n) is 15.7. The van der Waals surface area contributed by atoms with Crippen LogP contribution < -0.4 is 0 Å². The molecule has 4 unspecified atom stereocenters. The average Bonchev–Trinajstić information content (AvgIpc) is 2.68. The van der Waals surface area contributed by atoms with E-state index in [1.54, 1.807) is 0 Å². The van der Waals surface area contributed by atoms with Crippen LogP contribution in [0.3, 0.4) is 0 Å². The third-order valence-corrected chi connectivity index (χ3v) is 9.26. The molecule has 2 fully saturated rings. The Morgan fingerprint density at radius 2 is 1.90 bits per heavy atom.